The van der Waals surface area contributed by atoms with E-state index in [1.54, 1.807) is 22.4 Å². The van der Waals surface area contributed by atoms with Gasteiger partial charge < -0.3 is 9.64 Å². The van der Waals surface area contributed by atoms with E-state index in [1.165, 1.54) is 0 Å². The van der Waals surface area contributed by atoms with Crippen LogP contribution in [0.15, 0.2) is 53.4 Å². The molecule has 3 aromatic rings. The molecule has 2 aromatic heterocycles. The third-order valence-electron chi connectivity index (χ3n) is 3.63. The average Bonchev–Trinajstić information content (AvgIpc) is 3.08. The van der Waals surface area contributed by atoms with Gasteiger partial charge in [-0.15, -0.1) is 0 Å². The predicted octanol–water partition coefficient (Wildman–Crippen LogP) is 3.24. The minimum absolute atomic E-state index is 0.138. The van der Waals surface area contributed by atoms with Crippen LogP contribution in [0.4, 0.5) is 5.69 Å². The molecule has 0 aliphatic carbocycles. The van der Waals surface area contributed by atoms with Crippen molar-refractivity contribution in [2.24, 2.45) is 0 Å². The fraction of sp³-hybridized carbons (Fsp3) is 0.118. The number of amides is 1. The van der Waals surface area contributed by atoms with E-state index in [1.807, 2.05) is 47.2 Å². The maximum Gasteiger partial charge on any atom is 0.265 e. The van der Waals surface area contributed by atoms with Crippen LogP contribution in [0.25, 0.3) is 11.4 Å². The van der Waals surface area contributed by atoms with Gasteiger partial charge in [-0.1, -0.05) is 18.2 Å². The van der Waals surface area contributed by atoms with Gasteiger partial charge in [-0.2, -0.15) is 16.3 Å². The lowest BCUT2D eigenvalue weighted by molar-refractivity contribution is 0.0989. The van der Waals surface area contributed by atoms with Gasteiger partial charge in [-0.25, -0.2) is 4.98 Å². The predicted molar refractivity (Wildman–Crippen MR) is 89.0 cm³/mol. The average molecular weight is 323 g/mol. The Bertz CT molecular complexity index is 834. The van der Waals surface area contributed by atoms with Crippen LogP contribution < -0.4 is 9.64 Å². The van der Waals surface area contributed by atoms with Crippen LogP contribution >= 0.6 is 11.3 Å². The summed E-state index contributed by atoms with van der Waals surface area (Å²) in [7, 11) is 0. The van der Waals surface area contributed by atoms with Crippen LogP contribution in [0.1, 0.15) is 10.4 Å². The molecule has 3 heterocycles. The van der Waals surface area contributed by atoms with E-state index >= 15 is 0 Å². The summed E-state index contributed by atoms with van der Waals surface area (Å²) in [6.45, 7) is 0.876. The second-order valence-electron chi connectivity index (χ2n) is 5.07. The first-order chi connectivity index (χ1) is 11.3. The standard InChI is InChI=1S/C17H13N3O2S/c21-17-14-10-18-15(12-6-9-23-11-12)19-16(14)22-8-7-20(17)13-4-2-1-3-5-13/h1-6,9-11H,7-8H2. The first-order valence-corrected chi connectivity index (χ1v) is 8.16. The quantitative estimate of drug-likeness (QED) is 0.726. The number of hydrogen-bond donors (Lipinski definition) is 0. The van der Waals surface area contributed by atoms with Gasteiger partial charge in [-0.3, -0.25) is 4.79 Å². The normalized spacial score (nSPS) is 14.1. The minimum Gasteiger partial charge on any atom is -0.475 e. The molecule has 1 aromatic carbocycles. The molecule has 1 amide bonds. The molecule has 0 radical (unpaired) electrons. The number of benzene rings is 1. The molecule has 23 heavy (non-hydrogen) atoms. The zero-order valence-corrected chi connectivity index (χ0v) is 13.0. The van der Waals surface area contributed by atoms with Crippen molar-refractivity contribution in [3.05, 3.63) is 58.9 Å². The SMILES string of the molecule is O=C1c2cnc(-c3ccsc3)nc2OCCN1c1ccccc1. The summed E-state index contributed by atoms with van der Waals surface area (Å²) in [5.74, 6) is 0.788. The third-order valence-corrected chi connectivity index (χ3v) is 4.31. The molecule has 6 heteroatoms. The monoisotopic (exact) mass is 323 g/mol. The van der Waals surface area contributed by atoms with Crippen LogP contribution in [0.2, 0.25) is 0 Å². The van der Waals surface area contributed by atoms with Crippen molar-refractivity contribution < 1.29 is 9.53 Å². The summed E-state index contributed by atoms with van der Waals surface area (Å²) in [5, 5.41) is 3.93. The smallest absolute Gasteiger partial charge is 0.265 e. The molecule has 1 aliphatic heterocycles. The van der Waals surface area contributed by atoms with Crippen LogP contribution in [-0.2, 0) is 0 Å². The van der Waals surface area contributed by atoms with Crippen molar-refractivity contribution in [1.82, 2.24) is 9.97 Å². The van der Waals surface area contributed by atoms with Crippen molar-refractivity contribution >= 4 is 22.9 Å². The van der Waals surface area contributed by atoms with Gasteiger partial charge in [0.2, 0.25) is 5.88 Å². The molecule has 1 aliphatic rings. The number of anilines is 1. The summed E-state index contributed by atoms with van der Waals surface area (Å²) in [5.41, 5.74) is 2.17. The summed E-state index contributed by atoms with van der Waals surface area (Å²) in [6, 6.07) is 11.5. The van der Waals surface area contributed by atoms with Crippen LogP contribution in [-0.4, -0.2) is 29.0 Å². The Balaban J connectivity index is 1.73. The van der Waals surface area contributed by atoms with E-state index < -0.39 is 0 Å². The number of para-hydroxylation sites is 1. The number of fused-ring (bicyclic) bond motifs is 1. The summed E-state index contributed by atoms with van der Waals surface area (Å²) < 4.78 is 5.70. The van der Waals surface area contributed by atoms with E-state index in [0.717, 1.165) is 11.3 Å². The van der Waals surface area contributed by atoms with Gasteiger partial charge in [0.25, 0.3) is 5.91 Å². The molecule has 0 N–H and O–H groups in total. The zero-order chi connectivity index (χ0) is 15.6. The Hall–Kier alpha value is -2.73. The molecule has 4 rings (SSSR count). The number of carbonyl (C=O) groups excluding carboxylic acids is 1. The lowest BCUT2D eigenvalue weighted by Crippen LogP contribution is -2.32. The first-order valence-electron chi connectivity index (χ1n) is 7.22. The maximum atomic E-state index is 12.8. The Morgan fingerprint density at radius 2 is 2.04 bits per heavy atom. The zero-order valence-electron chi connectivity index (χ0n) is 12.2. The highest BCUT2D eigenvalue weighted by atomic mass is 32.1. The topological polar surface area (TPSA) is 55.3 Å². The number of thiophene rings is 1. The van der Waals surface area contributed by atoms with Crippen molar-refractivity contribution in [1.29, 1.82) is 0 Å². The maximum absolute atomic E-state index is 12.8. The van der Waals surface area contributed by atoms with E-state index in [9.17, 15) is 4.79 Å². The third kappa shape index (κ3) is 2.57. The van der Waals surface area contributed by atoms with Gasteiger partial charge in [0.1, 0.15) is 12.2 Å². The second-order valence-corrected chi connectivity index (χ2v) is 5.85. The molecule has 0 fully saturated rings. The molecular weight excluding hydrogens is 310 g/mol. The van der Waals surface area contributed by atoms with E-state index in [2.05, 4.69) is 9.97 Å². The number of hydrogen-bond acceptors (Lipinski definition) is 5. The largest absolute Gasteiger partial charge is 0.475 e. The summed E-state index contributed by atoms with van der Waals surface area (Å²) in [6.07, 6.45) is 1.55. The van der Waals surface area contributed by atoms with Crippen LogP contribution in [0, 0.1) is 0 Å². The molecule has 5 nitrogen and oxygen atoms in total. The lowest BCUT2D eigenvalue weighted by Gasteiger charge is -2.19. The summed E-state index contributed by atoms with van der Waals surface area (Å²) in [4.78, 5) is 23.2. The highest BCUT2D eigenvalue weighted by Gasteiger charge is 2.26. The fourth-order valence-corrected chi connectivity index (χ4v) is 3.12. The van der Waals surface area contributed by atoms with Gasteiger partial charge in [-0.05, 0) is 23.6 Å². The highest BCUT2D eigenvalue weighted by Crippen LogP contribution is 2.27. The second kappa shape index (κ2) is 5.81. The van der Waals surface area contributed by atoms with Crippen molar-refractivity contribution in [3.63, 3.8) is 0 Å². The minimum atomic E-state index is -0.138. The highest BCUT2D eigenvalue weighted by molar-refractivity contribution is 7.08. The number of aromatic nitrogens is 2. The van der Waals surface area contributed by atoms with Gasteiger partial charge >= 0.3 is 0 Å². The first kappa shape index (κ1) is 13.9. The van der Waals surface area contributed by atoms with Crippen molar-refractivity contribution in [2.75, 3.05) is 18.1 Å². The molecule has 0 spiro atoms. The number of nitrogens with zero attached hydrogens (tertiary/aromatic N) is 3. The molecule has 0 atom stereocenters. The Labute approximate surface area is 137 Å². The molecular formula is C17H13N3O2S. The molecule has 0 saturated heterocycles. The molecule has 0 saturated carbocycles. The molecule has 0 bridgehead atoms. The number of rotatable bonds is 2. The van der Waals surface area contributed by atoms with Crippen molar-refractivity contribution in [2.45, 2.75) is 0 Å². The number of ether oxygens (including phenoxy) is 1. The van der Waals surface area contributed by atoms with E-state index in [4.69, 9.17) is 4.74 Å². The van der Waals surface area contributed by atoms with Gasteiger partial charge in [0, 0.05) is 22.8 Å². The fourth-order valence-electron chi connectivity index (χ4n) is 2.49. The van der Waals surface area contributed by atoms with E-state index in [0.29, 0.717) is 30.4 Å². The summed E-state index contributed by atoms with van der Waals surface area (Å²) >= 11 is 1.58. The lowest BCUT2D eigenvalue weighted by atomic mass is 10.2. The van der Waals surface area contributed by atoms with E-state index in [-0.39, 0.29) is 5.91 Å². The van der Waals surface area contributed by atoms with Gasteiger partial charge in [0.05, 0.1) is 6.54 Å². The number of carbonyl (C=O) groups is 1. The van der Waals surface area contributed by atoms with Gasteiger partial charge in [0.15, 0.2) is 5.82 Å². The Morgan fingerprint density at radius 1 is 1.17 bits per heavy atom. The van der Waals surface area contributed by atoms with Crippen LogP contribution in [0.5, 0.6) is 5.88 Å². The Kier molecular flexibility index (Phi) is 3.51. The Morgan fingerprint density at radius 3 is 2.83 bits per heavy atom. The molecule has 0 unspecified atom stereocenters. The van der Waals surface area contributed by atoms with Crippen molar-refractivity contribution in [3.8, 4) is 17.3 Å². The van der Waals surface area contributed by atoms with Crippen LogP contribution in [0.3, 0.4) is 0 Å². The molecule has 114 valence electrons.